The topological polar surface area (TPSA) is 76.5 Å². The molecule has 1 saturated heterocycles. The molecule has 0 bridgehead atoms. The zero-order valence-electron chi connectivity index (χ0n) is 13.4. The Labute approximate surface area is 139 Å². The van der Waals surface area contributed by atoms with Crippen LogP contribution in [0.5, 0.6) is 0 Å². The minimum Gasteiger partial charge on any atom is -0.451 e. The number of rotatable bonds is 3. The molecular formula is C18H19FN2O3. The summed E-state index contributed by atoms with van der Waals surface area (Å²) in [5.41, 5.74) is 5.67. The summed E-state index contributed by atoms with van der Waals surface area (Å²) in [7, 11) is 0. The van der Waals surface area contributed by atoms with E-state index in [9.17, 15) is 14.0 Å². The average molecular weight is 330 g/mol. The zero-order valence-corrected chi connectivity index (χ0v) is 13.4. The normalized spacial score (nSPS) is 20.8. The van der Waals surface area contributed by atoms with Gasteiger partial charge in [0.15, 0.2) is 5.76 Å². The van der Waals surface area contributed by atoms with E-state index < -0.39 is 11.7 Å². The molecule has 0 unspecified atom stereocenters. The van der Waals surface area contributed by atoms with Crippen molar-refractivity contribution in [2.45, 2.75) is 25.8 Å². The number of carbonyl (C=O) groups is 2. The molecule has 2 N–H and O–H groups in total. The maximum Gasteiger partial charge on any atom is 0.289 e. The van der Waals surface area contributed by atoms with Gasteiger partial charge in [-0.05, 0) is 44.0 Å². The molecule has 126 valence electrons. The van der Waals surface area contributed by atoms with Crippen molar-refractivity contribution in [3.8, 4) is 11.3 Å². The Bertz CT molecular complexity index is 771. The summed E-state index contributed by atoms with van der Waals surface area (Å²) in [4.78, 5) is 25.7. The first-order valence-electron chi connectivity index (χ1n) is 7.92. The standard InChI is InChI=1S/C18H19FN2O3/c1-11-6-7-12(17(20)22)10-21(11)18(23)16-9-8-15(24-16)13-4-2-3-5-14(13)19/h2-5,8-9,11-12H,6-7,10H2,1H3,(H2,20,22)/t11-,12+/m0/s1. The Morgan fingerprint density at radius 3 is 2.67 bits per heavy atom. The van der Waals surface area contributed by atoms with Gasteiger partial charge < -0.3 is 15.1 Å². The van der Waals surface area contributed by atoms with Gasteiger partial charge in [0.2, 0.25) is 5.91 Å². The van der Waals surface area contributed by atoms with E-state index in [2.05, 4.69) is 0 Å². The predicted octanol–water partition coefficient (Wildman–Crippen LogP) is 2.81. The lowest BCUT2D eigenvalue weighted by molar-refractivity contribution is -0.123. The smallest absolute Gasteiger partial charge is 0.289 e. The van der Waals surface area contributed by atoms with Gasteiger partial charge in [-0.2, -0.15) is 0 Å². The molecular weight excluding hydrogens is 311 g/mol. The highest BCUT2D eigenvalue weighted by molar-refractivity contribution is 5.93. The van der Waals surface area contributed by atoms with Crippen LogP contribution >= 0.6 is 0 Å². The van der Waals surface area contributed by atoms with Crippen LogP contribution in [0.3, 0.4) is 0 Å². The van der Waals surface area contributed by atoms with Crippen LogP contribution in [0.2, 0.25) is 0 Å². The monoisotopic (exact) mass is 330 g/mol. The number of nitrogens with two attached hydrogens (primary N) is 1. The summed E-state index contributed by atoms with van der Waals surface area (Å²) in [6.07, 6.45) is 1.39. The lowest BCUT2D eigenvalue weighted by Crippen LogP contribution is -2.48. The van der Waals surface area contributed by atoms with Crippen molar-refractivity contribution in [3.05, 3.63) is 48.0 Å². The molecule has 1 aliphatic rings. The first-order chi connectivity index (χ1) is 11.5. The second kappa shape index (κ2) is 6.47. The summed E-state index contributed by atoms with van der Waals surface area (Å²) < 4.78 is 19.4. The number of hydrogen-bond acceptors (Lipinski definition) is 3. The van der Waals surface area contributed by atoms with Crippen molar-refractivity contribution < 1.29 is 18.4 Å². The third kappa shape index (κ3) is 3.04. The van der Waals surface area contributed by atoms with Gasteiger partial charge in [0.25, 0.3) is 5.91 Å². The maximum absolute atomic E-state index is 13.8. The van der Waals surface area contributed by atoms with Crippen molar-refractivity contribution in [1.29, 1.82) is 0 Å². The number of furan rings is 1. The molecule has 2 amide bonds. The molecule has 1 aromatic carbocycles. The number of carbonyl (C=O) groups excluding carboxylic acids is 2. The van der Waals surface area contributed by atoms with E-state index in [1.165, 1.54) is 12.1 Å². The number of halogens is 1. The van der Waals surface area contributed by atoms with Crippen LogP contribution < -0.4 is 5.73 Å². The van der Waals surface area contributed by atoms with Crippen LogP contribution in [0.1, 0.15) is 30.3 Å². The second-order valence-electron chi connectivity index (χ2n) is 6.13. The molecule has 0 spiro atoms. The van der Waals surface area contributed by atoms with Gasteiger partial charge in [-0.15, -0.1) is 0 Å². The molecule has 0 saturated carbocycles. The van der Waals surface area contributed by atoms with Crippen molar-refractivity contribution in [3.63, 3.8) is 0 Å². The van der Waals surface area contributed by atoms with Gasteiger partial charge in [-0.3, -0.25) is 9.59 Å². The number of benzene rings is 1. The fraction of sp³-hybridized carbons (Fsp3) is 0.333. The number of likely N-dealkylation sites (tertiary alicyclic amines) is 1. The Hall–Kier alpha value is -2.63. The van der Waals surface area contributed by atoms with Gasteiger partial charge in [0.1, 0.15) is 11.6 Å². The Kier molecular flexibility index (Phi) is 4.38. The quantitative estimate of drug-likeness (QED) is 0.940. The fourth-order valence-electron chi connectivity index (χ4n) is 3.02. The van der Waals surface area contributed by atoms with Crippen molar-refractivity contribution in [2.24, 2.45) is 11.7 Å². The van der Waals surface area contributed by atoms with Gasteiger partial charge in [0.05, 0.1) is 11.5 Å². The van der Waals surface area contributed by atoms with E-state index in [1.807, 2.05) is 6.92 Å². The van der Waals surface area contributed by atoms with Crippen molar-refractivity contribution in [1.82, 2.24) is 4.90 Å². The van der Waals surface area contributed by atoms with Gasteiger partial charge in [-0.25, -0.2) is 4.39 Å². The highest BCUT2D eigenvalue weighted by atomic mass is 19.1. The summed E-state index contributed by atoms with van der Waals surface area (Å²) in [6.45, 7) is 2.21. The zero-order chi connectivity index (χ0) is 17.3. The lowest BCUT2D eigenvalue weighted by Gasteiger charge is -2.36. The molecule has 0 aliphatic carbocycles. The molecule has 1 fully saturated rings. The van der Waals surface area contributed by atoms with Crippen LogP contribution in [0.25, 0.3) is 11.3 Å². The molecule has 2 atom stereocenters. The second-order valence-corrected chi connectivity index (χ2v) is 6.13. The molecule has 1 aromatic heterocycles. The maximum atomic E-state index is 13.8. The molecule has 6 heteroatoms. The first-order valence-corrected chi connectivity index (χ1v) is 7.92. The summed E-state index contributed by atoms with van der Waals surface area (Å²) in [6, 6.07) is 9.32. The van der Waals surface area contributed by atoms with Crippen LogP contribution in [0, 0.1) is 11.7 Å². The van der Waals surface area contributed by atoms with Crippen LogP contribution in [0.4, 0.5) is 4.39 Å². The molecule has 5 nitrogen and oxygen atoms in total. The molecule has 2 heterocycles. The number of nitrogens with zero attached hydrogens (tertiary/aromatic N) is 1. The SMILES string of the molecule is C[C@H]1CC[C@@H](C(N)=O)CN1C(=O)c1ccc(-c2ccccc2F)o1. The van der Waals surface area contributed by atoms with Crippen molar-refractivity contribution in [2.75, 3.05) is 6.54 Å². The summed E-state index contributed by atoms with van der Waals surface area (Å²) >= 11 is 0. The summed E-state index contributed by atoms with van der Waals surface area (Å²) in [5, 5.41) is 0. The molecule has 1 aliphatic heterocycles. The Morgan fingerprint density at radius 1 is 1.21 bits per heavy atom. The number of primary amides is 1. The van der Waals surface area contributed by atoms with E-state index in [0.29, 0.717) is 24.2 Å². The lowest BCUT2D eigenvalue weighted by atomic mass is 9.93. The summed E-state index contributed by atoms with van der Waals surface area (Å²) in [5.74, 6) is -1.03. The number of hydrogen-bond donors (Lipinski definition) is 1. The number of amides is 2. The van der Waals surface area contributed by atoms with E-state index in [0.717, 1.165) is 0 Å². The van der Waals surface area contributed by atoms with Crippen LogP contribution in [0.15, 0.2) is 40.8 Å². The average Bonchev–Trinajstić information content (AvgIpc) is 3.04. The molecule has 3 rings (SSSR count). The van der Waals surface area contributed by atoms with E-state index in [4.69, 9.17) is 10.2 Å². The number of piperidine rings is 1. The minimum absolute atomic E-state index is 0.00453. The van der Waals surface area contributed by atoms with E-state index >= 15 is 0 Å². The Morgan fingerprint density at radius 2 is 1.96 bits per heavy atom. The Balaban J connectivity index is 1.83. The molecule has 2 aromatic rings. The first kappa shape index (κ1) is 16.2. The van der Waals surface area contributed by atoms with E-state index in [1.54, 1.807) is 29.2 Å². The minimum atomic E-state index is -0.411. The molecule has 0 radical (unpaired) electrons. The highest BCUT2D eigenvalue weighted by Crippen LogP contribution is 2.28. The predicted molar refractivity (Wildman–Crippen MR) is 86.5 cm³/mol. The van der Waals surface area contributed by atoms with Gasteiger partial charge in [0, 0.05) is 12.6 Å². The largest absolute Gasteiger partial charge is 0.451 e. The third-order valence-electron chi connectivity index (χ3n) is 4.50. The third-order valence-corrected chi connectivity index (χ3v) is 4.50. The fourth-order valence-corrected chi connectivity index (χ4v) is 3.02. The van der Waals surface area contributed by atoms with Crippen LogP contribution in [-0.4, -0.2) is 29.3 Å². The molecule has 24 heavy (non-hydrogen) atoms. The van der Waals surface area contributed by atoms with Crippen molar-refractivity contribution >= 4 is 11.8 Å². The van der Waals surface area contributed by atoms with Crippen LogP contribution in [-0.2, 0) is 4.79 Å². The van der Waals surface area contributed by atoms with Gasteiger partial charge in [-0.1, -0.05) is 12.1 Å². The van der Waals surface area contributed by atoms with Gasteiger partial charge >= 0.3 is 0 Å². The van der Waals surface area contributed by atoms with E-state index in [-0.39, 0.29) is 30.2 Å². The highest BCUT2D eigenvalue weighted by Gasteiger charge is 2.33.